The zero-order valence-corrected chi connectivity index (χ0v) is 17.9. The summed E-state index contributed by atoms with van der Waals surface area (Å²) in [6.07, 6.45) is 1.06. The highest BCUT2D eigenvalue weighted by molar-refractivity contribution is 7.14. The molecule has 0 saturated heterocycles. The number of anilines is 1. The molecule has 1 aliphatic heterocycles. The molecule has 0 aliphatic carbocycles. The Labute approximate surface area is 177 Å². The molecule has 0 spiro atoms. The SMILES string of the molecule is Cc1ccc(OCCOc2nc(-c3csc(NC4=NCCCN4)n3)cs2)c(C)n1. The van der Waals surface area contributed by atoms with Gasteiger partial charge in [0.1, 0.15) is 30.4 Å². The van der Waals surface area contributed by atoms with E-state index in [1.54, 1.807) is 0 Å². The lowest BCUT2D eigenvalue weighted by molar-refractivity contribution is 0.215. The number of guanidine groups is 1. The first-order valence-electron chi connectivity index (χ1n) is 9.34. The smallest absolute Gasteiger partial charge is 0.273 e. The summed E-state index contributed by atoms with van der Waals surface area (Å²) in [5, 5.41) is 11.7. The Morgan fingerprint density at radius 2 is 1.86 bits per heavy atom. The Balaban J connectivity index is 1.28. The summed E-state index contributed by atoms with van der Waals surface area (Å²) < 4.78 is 11.4. The molecule has 0 radical (unpaired) electrons. The van der Waals surface area contributed by atoms with Crippen LogP contribution in [0.15, 0.2) is 27.9 Å². The van der Waals surface area contributed by atoms with E-state index in [9.17, 15) is 0 Å². The van der Waals surface area contributed by atoms with Crippen LogP contribution in [-0.4, -0.2) is 47.2 Å². The van der Waals surface area contributed by atoms with Crippen molar-refractivity contribution in [1.29, 1.82) is 0 Å². The van der Waals surface area contributed by atoms with Crippen LogP contribution in [0.5, 0.6) is 10.9 Å². The van der Waals surface area contributed by atoms with Crippen molar-refractivity contribution in [3.05, 3.63) is 34.3 Å². The Morgan fingerprint density at radius 1 is 1.03 bits per heavy atom. The Morgan fingerprint density at radius 3 is 2.69 bits per heavy atom. The summed E-state index contributed by atoms with van der Waals surface area (Å²) in [6.45, 7) is 6.51. The van der Waals surface area contributed by atoms with E-state index < -0.39 is 0 Å². The minimum Gasteiger partial charge on any atom is -0.488 e. The highest BCUT2D eigenvalue weighted by Crippen LogP contribution is 2.29. The zero-order chi connectivity index (χ0) is 20.1. The van der Waals surface area contributed by atoms with Gasteiger partial charge in [-0.2, -0.15) is 0 Å². The first kappa shape index (κ1) is 19.6. The van der Waals surface area contributed by atoms with Gasteiger partial charge >= 0.3 is 0 Å². The first-order chi connectivity index (χ1) is 14.2. The standard InChI is InChI=1S/C19H22N6O2S2/c1-12-4-5-16(13(2)22-12)26-8-9-27-19-24-15(11-29-19)14-10-28-18(23-14)25-17-20-6-3-7-21-17/h4-5,10-11H,3,6-9H2,1-2H3,(H2,20,21,23,25). The topological polar surface area (TPSA) is 93.5 Å². The lowest BCUT2D eigenvalue weighted by Gasteiger charge is -2.13. The van der Waals surface area contributed by atoms with Gasteiger partial charge in [-0.1, -0.05) is 11.3 Å². The Bertz CT molecular complexity index is 1000. The van der Waals surface area contributed by atoms with Gasteiger partial charge in [-0.25, -0.2) is 9.97 Å². The Kier molecular flexibility index (Phi) is 6.20. The van der Waals surface area contributed by atoms with E-state index >= 15 is 0 Å². The maximum absolute atomic E-state index is 5.73. The number of aliphatic imine (C=N–C) groups is 1. The maximum Gasteiger partial charge on any atom is 0.273 e. The molecule has 0 amide bonds. The molecule has 3 aromatic rings. The third-order valence-electron chi connectivity index (χ3n) is 4.12. The predicted molar refractivity (Wildman–Crippen MR) is 116 cm³/mol. The number of nitrogens with zero attached hydrogens (tertiary/aromatic N) is 4. The molecule has 0 atom stereocenters. The molecular weight excluding hydrogens is 408 g/mol. The fraction of sp³-hybridized carbons (Fsp3) is 0.368. The van der Waals surface area contributed by atoms with Crippen molar-refractivity contribution in [3.8, 4) is 22.3 Å². The van der Waals surface area contributed by atoms with E-state index in [-0.39, 0.29) is 0 Å². The quantitative estimate of drug-likeness (QED) is 0.554. The Hall–Kier alpha value is -2.72. The molecule has 10 heteroatoms. The number of aromatic nitrogens is 3. The van der Waals surface area contributed by atoms with Crippen LogP contribution >= 0.6 is 22.7 Å². The van der Waals surface area contributed by atoms with Crippen molar-refractivity contribution >= 4 is 33.8 Å². The molecule has 0 aromatic carbocycles. The van der Waals surface area contributed by atoms with E-state index in [2.05, 4.69) is 30.6 Å². The number of pyridine rings is 1. The van der Waals surface area contributed by atoms with Gasteiger partial charge in [0.05, 0.1) is 5.69 Å². The van der Waals surface area contributed by atoms with Crippen molar-refractivity contribution in [1.82, 2.24) is 20.3 Å². The average Bonchev–Trinajstić information content (AvgIpc) is 3.37. The summed E-state index contributed by atoms with van der Waals surface area (Å²) >= 11 is 2.97. The van der Waals surface area contributed by atoms with Gasteiger partial charge in [0.25, 0.3) is 5.19 Å². The average molecular weight is 431 g/mol. The van der Waals surface area contributed by atoms with Crippen molar-refractivity contribution in [2.24, 2.45) is 4.99 Å². The molecule has 0 fully saturated rings. The number of rotatable bonds is 7. The van der Waals surface area contributed by atoms with Crippen LogP contribution in [0.3, 0.4) is 0 Å². The van der Waals surface area contributed by atoms with Crippen LogP contribution in [0.25, 0.3) is 11.4 Å². The lowest BCUT2D eigenvalue weighted by Crippen LogP contribution is -2.35. The third-order valence-corrected chi connectivity index (χ3v) is 5.62. The van der Waals surface area contributed by atoms with E-state index in [4.69, 9.17) is 9.47 Å². The summed E-state index contributed by atoms with van der Waals surface area (Å²) in [5.41, 5.74) is 3.47. The van der Waals surface area contributed by atoms with E-state index in [0.717, 1.165) is 59.1 Å². The van der Waals surface area contributed by atoms with Gasteiger partial charge in [-0.15, -0.1) is 11.3 Å². The van der Waals surface area contributed by atoms with Crippen LogP contribution in [0.4, 0.5) is 5.13 Å². The molecule has 0 saturated carbocycles. The molecule has 2 N–H and O–H groups in total. The minimum atomic E-state index is 0.412. The molecule has 0 bridgehead atoms. The van der Waals surface area contributed by atoms with Crippen molar-refractivity contribution in [2.75, 3.05) is 31.6 Å². The molecule has 8 nitrogen and oxygen atoms in total. The van der Waals surface area contributed by atoms with Crippen LogP contribution in [0.2, 0.25) is 0 Å². The van der Waals surface area contributed by atoms with E-state index in [1.807, 2.05) is 36.7 Å². The second kappa shape index (κ2) is 9.19. The minimum absolute atomic E-state index is 0.412. The van der Waals surface area contributed by atoms with E-state index in [0.29, 0.717) is 18.4 Å². The lowest BCUT2D eigenvalue weighted by atomic mass is 10.3. The molecule has 3 aromatic heterocycles. The first-order valence-corrected chi connectivity index (χ1v) is 11.1. The zero-order valence-electron chi connectivity index (χ0n) is 16.3. The predicted octanol–water partition coefficient (Wildman–Crippen LogP) is 3.50. The maximum atomic E-state index is 5.73. The van der Waals surface area contributed by atoms with Crippen molar-refractivity contribution in [3.63, 3.8) is 0 Å². The molecule has 29 heavy (non-hydrogen) atoms. The number of thiazole rings is 2. The molecular formula is C19H22N6O2S2. The second-order valence-corrected chi connectivity index (χ2v) is 8.08. The highest BCUT2D eigenvalue weighted by atomic mass is 32.1. The van der Waals surface area contributed by atoms with Gasteiger partial charge in [0.2, 0.25) is 0 Å². The second-order valence-electron chi connectivity index (χ2n) is 6.41. The highest BCUT2D eigenvalue weighted by Gasteiger charge is 2.12. The molecule has 152 valence electrons. The summed E-state index contributed by atoms with van der Waals surface area (Å²) in [5.74, 6) is 1.55. The monoisotopic (exact) mass is 430 g/mol. The number of ether oxygens (including phenoxy) is 2. The number of hydrogen-bond donors (Lipinski definition) is 2. The summed E-state index contributed by atoms with van der Waals surface area (Å²) in [4.78, 5) is 17.9. The van der Waals surface area contributed by atoms with Gasteiger partial charge in [-0.3, -0.25) is 9.98 Å². The van der Waals surface area contributed by atoms with Gasteiger partial charge in [0, 0.05) is 29.5 Å². The number of aryl methyl sites for hydroxylation is 2. The van der Waals surface area contributed by atoms with Crippen LogP contribution in [0.1, 0.15) is 17.8 Å². The normalized spacial score (nSPS) is 13.5. The van der Waals surface area contributed by atoms with E-state index in [1.165, 1.54) is 22.7 Å². The summed E-state index contributed by atoms with van der Waals surface area (Å²) in [7, 11) is 0. The van der Waals surface area contributed by atoms with Crippen LogP contribution in [-0.2, 0) is 0 Å². The van der Waals surface area contributed by atoms with Crippen molar-refractivity contribution in [2.45, 2.75) is 20.3 Å². The third kappa shape index (κ3) is 5.21. The molecule has 4 heterocycles. The van der Waals surface area contributed by atoms with Gasteiger partial charge < -0.3 is 20.1 Å². The molecule has 0 unspecified atom stereocenters. The van der Waals surface area contributed by atoms with Crippen LogP contribution in [0, 0.1) is 13.8 Å². The van der Waals surface area contributed by atoms with Crippen molar-refractivity contribution < 1.29 is 9.47 Å². The van der Waals surface area contributed by atoms with Gasteiger partial charge in [0.15, 0.2) is 11.1 Å². The fourth-order valence-corrected chi connectivity index (χ4v) is 4.11. The largest absolute Gasteiger partial charge is 0.488 e. The number of nitrogens with one attached hydrogen (secondary N) is 2. The molecule has 4 rings (SSSR count). The molecule has 1 aliphatic rings. The summed E-state index contributed by atoms with van der Waals surface area (Å²) in [6, 6.07) is 3.87. The fourth-order valence-electron chi connectivity index (χ4n) is 2.71. The van der Waals surface area contributed by atoms with Crippen LogP contribution < -0.4 is 20.1 Å². The van der Waals surface area contributed by atoms with Gasteiger partial charge in [-0.05, 0) is 32.4 Å². The number of hydrogen-bond acceptors (Lipinski definition) is 10.